The standard InChI is InChI=1S/C31H60N4O2/c1-7-8-9-10-11-12-13-14-15-16-17-18-19-20-21-22-29(36)32-24-30(3,4)26-37-27-31(5,6)25-35-23-28(2)33-34-35/h23H,7-22,24-27H2,1-6H3,(H,32,36). The number of carbonyl (C=O) groups excluding carboxylic acids is 1. The van der Waals surface area contributed by atoms with Gasteiger partial charge in [-0.3, -0.25) is 9.48 Å². The van der Waals surface area contributed by atoms with Crippen molar-refractivity contribution in [3.63, 3.8) is 0 Å². The Kier molecular flexibility index (Phi) is 17.8. The summed E-state index contributed by atoms with van der Waals surface area (Å²) in [5.74, 6) is 0.171. The van der Waals surface area contributed by atoms with E-state index in [2.05, 4.69) is 50.2 Å². The molecule has 1 N–H and O–H groups in total. The Hall–Kier alpha value is -1.43. The Labute approximate surface area is 229 Å². The Balaban J connectivity index is 1.96. The zero-order valence-corrected chi connectivity index (χ0v) is 25.4. The van der Waals surface area contributed by atoms with E-state index in [1.807, 2.05) is 17.8 Å². The van der Waals surface area contributed by atoms with Crippen LogP contribution in [0.25, 0.3) is 0 Å². The largest absolute Gasteiger partial charge is 0.380 e. The van der Waals surface area contributed by atoms with Gasteiger partial charge in [0, 0.05) is 36.5 Å². The van der Waals surface area contributed by atoms with Crippen molar-refractivity contribution in [2.75, 3.05) is 19.8 Å². The van der Waals surface area contributed by atoms with Crippen LogP contribution in [0.1, 0.15) is 143 Å². The van der Waals surface area contributed by atoms with E-state index < -0.39 is 0 Å². The molecule has 216 valence electrons. The zero-order valence-electron chi connectivity index (χ0n) is 25.4. The van der Waals surface area contributed by atoms with E-state index >= 15 is 0 Å². The van der Waals surface area contributed by atoms with Crippen LogP contribution >= 0.6 is 0 Å². The molecule has 0 saturated carbocycles. The van der Waals surface area contributed by atoms with Crippen LogP contribution in [0.15, 0.2) is 6.20 Å². The summed E-state index contributed by atoms with van der Waals surface area (Å²) in [6.07, 6.45) is 22.8. The van der Waals surface area contributed by atoms with Crippen molar-refractivity contribution in [2.24, 2.45) is 10.8 Å². The van der Waals surface area contributed by atoms with Crippen molar-refractivity contribution in [1.29, 1.82) is 0 Å². The monoisotopic (exact) mass is 520 g/mol. The van der Waals surface area contributed by atoms with Crippen LogP contribution in [0.5, 0.6) is 0 Å². The van der Waals surface area contributed by atoms with E-state index in [0.29, 0.717) is 26.2 Å². The smallest absolute Gasteiger partial charge is 0.220 e. The summed E-state index contributed by atoms with van der Waals surface area (Å²) in [6.45, 7) is 15.6. The molecule has 0 radical (unpaired) electrons. The van der Waals surface area contributed by atoms with Gasteiger partial charge in [-0.25, -0.2) is 0 Å². The number of nitrogens with one attached hydrogen (secondary N) is 1. The highest BCUT2D eigenvalue weighted by molar-refractivity contribution is 5.75. The number of carbonyl (C=O) groups is 1. The quantitative estimate of drug-likeness (QED) is 0.140. The summed E-state index contributed by atoms with van der Waals surface area (Å²) in [4.78, 5) is 12.3. The molecule has 0 spiro atoms. The lowest BCUT2D eigenvalue weighted by atomic mass is 9.93. The molecule has 1 rings (SSSR count). The molecular formula is C31H60N4O2. The lowest BCUT2D eigenvalue weighted by Gasteiger charge is -2.29. The van der Waals surface area contributed by atoms with E-state index in [1.54, 1.807) is 0 Å². The second-order valence-corrected chi connectivity index (χ2v) is 12.9. The van der Waals surface area contributed by atoms with Gasteiger partial charge in [0.15, 0.2) is 0 Å². The first kappa shape index (κ1) is 33.6. The number of aromatic nitrogens is 3. The fourth-order valence-corrected chi connectivity index (χ4v) is 4.69. The molecule has 0 aliphatic heterocycles. The first-order valence-corrected chi connectivity index (χ1v) is 15.3. The van der Waals surface area contributed by atoms with Gasteiger partial charge >= 0.3 is 0 Å². The van der Waals surface area contributed by atoms with E-state index in [0.717, 1.165) is 25.1 Å². The third-order valence-electron chi connectivity index (χ3n) is 7.00. The van der Waals surface area contributed by atoms with Crippen LogP contribution in [-0.2, 0) is 16.1 Å². The number of amides is 1. The average molecular weight is 521 g/mol. The minimum absolute atomic E-state index is 0.0347. The predicted molar refractivity (Wildman–Crippen MR) is 156 cm³/mol. The normalized spacial score (nSPS) is 12.3. The molecular weight excluding hydrogens is 460 g/mol. The Bertz CT molecular complexity index is 699. The van der Waals surface area contributed by atoms with Crippen LogP contribution < -0.4 is 5.32 Å². The van der Waals surface area contributed by atoms with E-state index in [-0.39, 0.29) is 16.7 Å². The van der Waals surface area contributed by atoms with Gasteiger partial charge in [0.25, 0.3) is 0 Å². The van der Waals surface area contributed by atoms with Gasteiger partial charge in [-0.2, -0.15) is 0 Å². The third-order valence-corrected chi connectivity index (χ3v) is 7.00. The predicted octanol–water partition coefficient (Wildman–Crippen LogP) is 8.03. The fourth-order valence-electron chi connectivity index (χ4n) is 4.69. The Morgan fingerprint density at radius 3 is 1.78 bits per heavy atom. The average Bonchev–Trinajstić information content (AvgIpc) is 3.23. The highest BCUT2D eigenvalue weighted by atomic mass is 16.5. The lowest BCUT2D eigenvalue weighted by molar-refractivity contribution is -0.121. The number of ether oxygens (including phenoxy) is 1. The van der Waals surface area contributed by atoms with Crippen LogP contribution in [0.2, 0.25) is 0 Å². The van der Waals surface area contributed by atoms with Crippen LogP contribution in [0.3, 0.4) is 0 Å². The van der Waals surface area contributed by atoms with Crippen LogP contribution in [-0.4, -0.2) is 40.7 Å². The zero-order chi connectivity index (χ0) is 27.4. The molecule has 0 bridgehead atoms. The van der Waals surface area contributed by atoms with Gasteiger partial charge < -0.3 is 10.1 Å². The molecule has 0 atom stereocenters. The topological polar surface area (TPSA) is 69.0 Å². The number of aryl methyl sites for hydroxylation is 1. The molecule has 1 aromatic rings. The number of unbranched alkanes of at least 4 members (excludes halogenated alkanes) is 14. The van der Waals surface area contributed by atoms with Crippen LogP contribution in [0.4, 0.5) is 0 Å². The molecule has 1 amide bonds. The van der Waals surface area contributed by atoms with Crippen molar-refractivity contribution in [2.45, 2.75) is 151 Å². The van der Waals surface area contributed by atoms with Crippen molar-refractivity contribution in [1.82, 2.24) is 20.3 Å². The molecule has 0 aromatic carbocycles. The fraction of sp³-hybridized carbons (Fsp3) is 0.903. The highest BCUT2D eigenvalue weighted by Crippen LogP contribution is 2.21. The maximum atomic E-state index is 12.3. The third kappa shape index (κ3) is 19.3. The molecule has 1 aromatic heterocycles. The maximum absolute atomic E-state index is 12.3. The van der Waals surface area contributed by atoms with Gasteiger partial charge in [-0.05, 0) is 13.3 Å². The first-order valence-electron chi connectivity index (χ1n) is 15.3. The van der Waals surface area contributed by atoms with Crippen LogP contribution in [0, 0.1) is 17.8 Å². The second kappa shape index (κ2) is 19.6. The number of rotatable bonds is 24. The molecule has 0 unspecified atom stereocenters. The maximum Gasteiger partial charge on any atom is 0.220 e. The van der Waals surface area contributed by atoms with Gasteiger partial charge in [0.1, 0.15) is 0 Å². The summed E-state index contributed by atoms with van der Waals surface area (Å²) in [5, 5.41) is 11.3. The number of nitrogens with zero attached hydrogens (tertiary/aromatic N) is 3. The van der Waals surface area contributed by atoms with E-state index in [1.165, 1.54) is 83.5 Å². The summed E-state index contributed by atoms with van der Waals surface area (Å²) in [5.41, 5.74) is 0.801. The second-order valence-electron chi connectivity index (χ2n) is 12.9. The molecule has 1 heterocycles. The van der Waals surface area contributed by atoms with Crippen molar-refractivity contribution >= 4 is 5.91 Å². The minimum atomic E-state index is -0.0926. The number of hydrogen-bond acceptors (Lipinski definition) is 4. The van der Waals surface area contributed by atoms with E-state index in [9.17, 15) is 4.79 Å². The summed E-state index contributed by atoms with van der Waals surface area (Å²) < 4.78 is 7.93. The molecule has 0 aliphatic rings. The SMILES string of the molecule is CCCCCCCCCCCCCCCCCC(=O)NCC(C)(C)COCC(C)(C)Cn1cc(C)nn1. The summed E-state index contributed by atoms with van der Waals surface area (Å²) in [6, 6.07) is 0. The first-order chi connectivity index (χ1) is 17.6. The van der Waals surface area contributed by atoms with Crippen molar-refractivity contribution < 1.29 is 9.53 Å². The molecule has 6 nitrogen and oxygen atoms in total. The summed E-state index contributed by atoms with van der Waals surface area (Å²) in [7, 11) is 0. The molecule has 0 fully saturated rings. The van der Waals surface area contributed by atoms with E-state index in [4.69, 9.17) is 4.74 Å². The van der Waals surface area contributed by atoms with Crippen molar-refractivity contribution in [3.05, 3.63) is 11.9 Å². The molecule has 0 saturated heterocycles. The van der Waals surface area contributed by atoms with Gasteiger partial charge in [0.2, 0.25) is 5.91 Å². The Morgan fingerprint density at radius 1 is 0.811 bits per heavy atom. The summed E-state index contributed by atoms with van der Waals surface area (Å²) >= 11 is 0. The minimum Gasteiger partial charge on any atom is -0.380 e. The van der Waals surface area contributed by atoms with Gasteiger partial charge in [-0.15, -0.1) is 5.10 Å². The lowest BCUT2D eigenvalue weighted by Crippen LogP contribution is -2.37. The number of hydrogen-bond donors (Lipinski definition) is 1. The molecule has 6 heteroatoms. The molecule has 0 aliphatic carbocycles. The Morgan fingerprint density at radius 2 is 1.30 bits per heavy atom. The van der Waals surface area contributed by atoms with Gasteiger partial charge in [0.05, 0.1) is 18.9 Å². The van der Waals surface area contributed by atoms with Gasteiger partial charge in [-0.1, -0.05) is 130 Å². The highest BCUT2D eigenvalue weighted by Gasteiger charge is 2.24. The van der Waals surface area contributed by atoms with Crippen molar-refractivity contribution in [3.8, 4) is 0 Å². The molecule has 37 heavy (non-hydrogen) atoms.